The molecule has 0 bridgehead atoms. The molecule has 1 heterocycles. The minimum absolute atomic E-state index is 0.0971. The fraction of sp³-hybridized carbons (Fsp3) is 0.767. The molecule has 0 aromatic rings. The summed E-state index contributed by atoms with van der Waals surface area (Å²) in [4.78, 5) is 67.7. The van der Waals surface area contributed by atoms with E-state index in [1.165, 1.54) is 11.0 Å². The second-order valence-electron chi connectivity index (χ2n) is 12.3. The summed E-state index contributed by atoms with van der Waals surface area (Å²) in [5, 5.41) is 8.03. The zero-order chi connectivity index (χ0) is 30.6. The molecule has 12 heteroatoms. The van der Waals surface area contributed by atoms with Gasteiger partial charge in [0, 0.05) is 24.9 Å². The molecule has 4 unspecified atom stereocenters. The number of hydrogen-bond acceptors (Lipinski definition) is 6. The molecule has 4 fully saturated rings. The summed E-state index contributed by atoms with van der Waals surface area (Å²) in [5.74, 6) is -3.26. The van der Waals surface area contributed by atoms with Crippen LogP contribution in [0.3, 0.4) is 0 Å². The van der Waals surface area contributed by atoms with Crippen LogP contribution in [0.25, 0.3) is 0 Å². The fourth-order valence-electron chi connectivity index (χ4n) is 6.97. The van der Waals surface area contributed by atoms with Gasteiger partial charge in [-0.25, -0.2) is 4.79 Å². The summed E-state index contributed by atoms with van der Waals surface area (Å²) in [6.07, 6.45) is 8.71. The van der Waals surface area contributed by atoms with Gasteiger partial charge in [-0.05, 0) is 50.4 Å². The van der Waals surface area contributed by atoms with Crippen molar-refractivity contribution in [1.82, 2.24) is 20.9 Å². The number of carbonyl (C=O) groups excluding carboxylic acids is 5. The molecule has 0 spiro atoms. The summed E-state index contributed by atoms with van der Waals surface area (Å²) in [5.41, 5.74) is 0. The van der Waals surface area contributed by atoms with Gasteiger partial charge < -0.3 is 25.6 Å². The maximum absolute atomic E-state index is 14.2. The third-order valence-corrected chi connectivity index (χ3v) is 10.5. The Morgan fingerprint density at radius 1 is 1.05 bits per heavy atom. The number of alkyl halides is 2. The highest BCUT2D eigenvalue weighted by atomic mass is 35.5. The highest BCUT2D eigenvalue weighted by molar-refractivity contribution is 6.51. The second-order valence-corrected chi connectivity index (χ2v) is 13.8. The maximum atomic E-state index is 14.2. The van der Waals surface area contributed by atoms with Gasteiger partial charge in [-0.15, -0.1) is 29.8 Å². The summed E-state index contributed by atoms with van der Waals surface area (Å²) in [6.45, 7) is 7.69. The van der Waals surface area contributed by atoms with Crippen LogP contribution in [0.2, 0.25) is 0 Å². The SMILES string of the molecule is C=CCNC(=O)C(=O)[C@@H](CCC)NC(=O)[C@@H]1[C@@H]2C(CN1C(=O)C(NC(=O)OC1CCCC1C)C1CCCCC1)C2(Cl)Cl. The van der Waals surface area contributed by atoms with Crippen molar-refractivity contribution in [2.45, 2.75) is 107 Å². The number of amides is 4. The number of ketones is 1. The molecule has 1 saturated heterocycles. The van der Waals surface area contributed by atoms with Crippen molar-refractivity contribution < 1.29 is 28.7 Å². The monoisotopic (exact) mass is 626 g/mol. The van der Waals surface area contributed by atoms with E-state index in [-0.39, 0.29) is 49.3 Å². The lowest BCUT2D eigenvalue weighted by Gasteiger charge is -2.36. The molecule has 234 valence electrons. The molecule has 1 aliphatic heterocycles. The Kier molecular flexibility index (Phi) is 10.8. The molecule has 0 aromatic heterocycles. The molecule has 0 radical (unpaired) electrons. The van der Waals surface area contributed by atoms with E-state index in [0.29, 0.717) is 6.42 Å². The minimum atomic E-state index is -1.18. The molecular formula is C30H44Cl2N4O6. The lowest BCUT2D eigenvalue weighted by atomic mass is 9.83. The molecule has 3 N–H and O–H groups in total. The lowest BCUT2D eigenvalue weighted by Crippen LogP contribution is -2.60. The molecule has 3 aliphatic carbocycles. The third kappa shape index (κ3) is 7.07. The van der Waals surface area contributed by atoms with Gasteiger partial charge in [0.05, 0.1) is 6.04 Å². The van der Waals surface area contributed by atoms with Gasteiger partial charge in [-0.3, -0.25) is 19.2 Å². The number of carbonyl (C=O) groups is 5. The van der Waals surface area contributed by atoms with Crippen LogP contribution in [0.1, 0.15) is 78.1 Å². The van der Waals surface area contributed by atoms with Gasteiger partial charge in [0.1, 0.15) is 22.5 Å². The van der Waals surface area contributed by atoms with Gasteiger partial charge in [0.25, 0.3) is 5.91 Å². The fourth-order valence-corrected chi connectivity index (χ4v) is 7.80. The Morgan fingerprint density at radius 2 is 1.76 bits per heavy atom. The molecular weight excluding hydrogens is 583 g/mol. The maximum Gasteiger partial charge on any atom is 0.408 e. The number of piperidine rings is 1. The van der Waals surface area contributed by atoms with Crippen LogP contribution in [0.5, 0.6) is 0 Å². The van der Waals surface area contributed by atoms with Crippen molar-refractivity contribution in [3.8, 4) is 0 Å². The Hall–Kier alpha value is -2.33. The summed E-state index contributed by atoms with van der Waals surface area (Å²) >= 11 is 13.0. The molecule has 4 amide bonds. The first-order chi connectivity index (χ1) is 20.0. The number of nitrogens with zero attached hydrogens (tertiary/aromatic N) is 1. The van der Waals surface area contributed by atoms with Crippen LogP contribution in [0, 0.1) is 23.7 Å². The number of likely N-dealkylation sites (tertiary alicyclic amines) is 1. The van der Waals surface area contributed by atoms with Gasteiger partial charge in [0.2, 0.25) is 17.6 Å². The highest BCUT2D eigenvalue weighted by Gasteiger charge is 2.74. The predicted octanol–water partition coefficient (Wildman–Crippen LogP) is 3.64. The Morgan fingerprint density at radius 3 is 2.38 bits per heavy atom. The van der Waals surface area contributed by atoms with E-state index in [0.717, 1.165) is 51.4 Å². The average molecular weight is 628 g/mol. The number of rotatable bonds is 12. The third-order valence-electron chi connectivity index (χ3n) is 9.43. The summed E-state index contributed by atoms with van der Waals surface area (Å²) in [6, 6.07) is -2.97. The largest absolute Gasteiger partial charge is 0.446 e. The number of halogens is 2. The van der Waals surface area contributed by atoms with Gasteiger partial charge in [0.15, 0.2) is 0 Å². The summed E-state index contributed by atoms with van der Waals surface area (Å²) in [7, 11) is 0. The van der Waals surface area contributed by atoms with Crippen molar-refractivity contribution in [2.75, 3.05) is 13.1 Å². The van der Waals surface area contributed by atoms with Crippen molar-refractivity contribution >= 4 is 52.8 Å². The zero-order valence-electron chi connectivity index (χ0n) is 24.5. The summed E-state index contributed by atoms with van der Waals surface area (Å²) < 4.78 is 4.54. The zero-order valence-corrected chi connectivity index (χ0v) is 26.1. The smallest absolute Gasteiger partial charge is 0.408 e. The molecule has 3 saturated carbocycles. The van der Waals surface area contributed by atoms with E-state index >= 15 is 0 Å². The predicted molar refractivity (Wildman–Crippen MR) is 159 cm³/mol. The van der Waals surface area contributed by atoms with E-state index in [9.17, 15) is 24.0 Å². The number of Topliss-reactive ketones (excluding diaryl/α,β-unsaturated/α-hetero) is 1. The Labute approximate surface area is 258 Å². The van der Waals surface area contributed by atoms with Crippen molar-refractivity contribution in [1.29, 1.82) is 0 Å². The topological polar surface area (TPSA) is 134 Å². The van der Waals surface area contributed by atoms with Gasteiger partial charge in [-0.1, -0.05) is 45.6 Å². The number of ether oxygens (including phenoxy) is 1. The van der Waals surface area contributed by atoms with Crippen LogP contribution < -0.4 is 16.0 Å². The second kappa shape index (κ2) is 14.0. The first-order valence-corrected chi connectivity index (χ1v) is 16.2. The van der Waals surface area contributed by atoms with Crippen molar-refractivity contribution in [3.63, 3.8) is 0 Å². The number of alkyl carbamates (subject to hydrolysis) is 1. The van der Waals surface area contributed by atoms with E-state index < -0.39 is 52.1 Å². The van der Waals surface area contributed by atoms with Crippen LogP contribution >= 0.6 is 23.2 Å². The quantitative estimate of drug-likeness (QED) is 0.172. The van der Waals surface area contributed by atoms with E-state index in [2.05, 4.69) is 29.5 Å². The van der Waals surface area contributed by atoms with E-state index in [1.807, 2.05) is 6.92 Å². The first kappa shape index (κ1) is 32.6. The number of hydrogen-bond donors (Lipinski definition) is 3. The molecule has 10 nitrogen and oxygen atoms in total. The Balaban J connectivity index is 1.52. The van der Waals surface area contributed by atoms with Crippen LogP contribution in [-0.2, 0) is 23.9 Å². The van der Waals surface area contributed by atoms with Gasteiger partial charge >= 0.3 is 6.09 Å². The molecule has 0 aromatic carbocycles. The lowest BCUT2D eigenvalue weighted by molar-refractivity contribution is -0.144. The normalized spacial score (nSPS) is 29.5. The van der Waals surface area contributed by atoms with Gasteiger partial charge in [-0.2, -0.15) is 0 Å². The van der Waals surface area contributed by atoms with Crippen molar-refractivity contribution in [3.05, 3.63) is 12.7 Å². The van der Waals surface area contributed by atoms with E-state index in [1.54, 1.807) is 0 Å². The molecule has 42 heavy (non-hydrogen) atoms. The Bertz CT molecular complexity index is 1060. The molecule has 7 atom stereocenters. The highest BCUT2D eigenvalue weighted by Crippen LogP contribution is 2.65. The van der Waals surface area contributed by atoms with Crippen LogP contribution in [0.4, 0.5) is 4.79 Å². The van der Waals surface area contributed by atoms with E-state index in [4.69, 9.17) is 27.9 Å². The number of fused-ring (bicyclic) bond motifs is 1. The first-order valence-electron chi connectivity index (χ1n) is 15.4. The minimum Gasteiger partial charge on any atom is -0.446 e. The average Bonchev–Trinajstić information content (AvgIpc) is 3.30. The standard InChI is InChI=1S/C30H44Cl2N4O6/c1-4-10-20(25(37)27(39)33-15-5-2)34-26(38)24-22-19(30(22,31)32)16-36(24)28(40)23(18-12-7-6-8-13-18)35-29(41)42-21-14-9-11-17(21)3/h5,17-24H,2,4,6-16H2,1,3H3,(H,33,39)(H,34,38)(H,35,41)/t17?,19?,20-,21?,22+,23?,24+/m1/s1. The molecule has 4 aliphatic rings. The molecule has 4 rings (SSSR count). The van der Waals surface area contributed by atoms with Crippen LogP contribution in [0.15, 0.2) is 12.7 Å². The van der Waals surface area contributed by atoms with Crippen molar-refractivity contribution in [2.24, 2.45) is 23.7 Å². The van der Waals surface area contributed by atoms with Crippen LogP contribution in [-0.4, -0.2) is 76.2 Å². The number of nitrogens with one attached hydrogen (secondary N) is 3.